The number of hydrogen-bond donors (Lipinski definition) is 1. The monoisotopic (exact) mass is 693 g/mol. The second-order valence-corrected chi connectivity index (χ2v) is 15.8. The molecule has 0 unspecified atom stereocenters. The highest BCUT2D eigenvalue weighted by molar-refractivity contribution is 6.07. The molecule has 6 heterocycles. The van der Waals surface area contributed by atoms with Gasteiger partial charge in [0.1, 0.15) is 23.0 Å². The zero-order chi connectivity index (χ0) is 35.8. The number of carbonyl (C=O) groups excluding carboxylic acids is 1. The van der Waals surface area contributed by atoms with E-state index in [9.17, 15) is 9.59 Å². The third kappa shape index (κ3) is 5.94. The van der Waals surface area contributed by atoms with E-state index in [0.29, 0.717) is 71.6 Å². The molecular formula is C40H48FN7O3. The van der Waals surface area contributed by atoms with Crippen molar-refractivity contribution in [1.29, 1.82) is 0 Å². The van der Waals surface area contributed by atoms with Crippen molar-refractivity contribution in [2.75, 3.05) is 48.0 Å². The second-order valence-electron chi connectivity index (χ2n) is 15.8. The molecule has 51 heavy (non-hydrogen) atoms. The molecule has 11 heteroatoms. The van der Waals surface area contributed by atoms with Crippen LogP contribution in [0.1, 0.15) is 61.9 Å². The summed E-state index contributed by atoms with van der Waals surface area (Å²) in [6.45, 7) is 15.7. The maximum atomic E-state index is 15.5. The number of nitrogens with one attached hydrogen (secondary N) is 1. The van der Waals surface area contributed by atoms with Gasteiger partial charge in [-0.1, -0.05) is 20.8 Å². The van der Waals surface area contributed by atoms with Crippen LogP contribution in [0.25, 0.3) is 11.1 Å². The molecule has 1 aliphatic carbocycles. The van der Waals surface area contributed by atoms with Gasteiger partial charge in [0.15, 0.2) is 0 Å². The molecule has 4 aromatic rings. The van der Waals surface area contributed by atoms with Crippen LogP contribution in [0.3, 0.4) is 0 Å². The molecule has 0 spiro atoms. The van der Waals surface area contributed by atoms with E-state index in [-0.39, 0.29) is 16.9 Å². The first-order valence-corrected chi connectivity index (χ1v) is 18.3. The fourth-order valence-electron chi connectivity index (χ4n) is 8.79. The number of piperazine rings is 1. The largest absolute Gasteiger partial charge is 0.378 e. The van der Waals surface area contributed by atoms with Crippen LogP contribution < -0.4 is 20.7 Å². The van der Waals surface area contributed by atoms with E-state index in [4.69, 9.17) is 9.72 Å². The molecule has 268 valence electrons. The van der Waals surface area contributed by atoms with Gasteiger partial charge in [0.25, 0.3) is 11.5 Å². The third-order valence-corrected chi connectivity index (χ3v) is 11.4. The average Bonchev–Trinajstić information content (AvgIpc) is 3.56. The Balaban J connectivity index is 1.06. The lowest BCUT2D eigenvalue weighted by molar-refractivity contribution is -0.0828. The summed E-state index contributed by atoms with van der Waals surface area (Å²) in [6, 6.07) is 12.0. The number of fused-ring (bicyclic) bond motifs is 3. The van der Waals surface area contributed by atoms with Gasteiger partial charge in [-0.2, -0.15) is 0 Å². The topological polar surface area (TPSA) is 87.9 Å². The van der Waals surface area contributed by atoms with E-state index >= 15 is 4.39 Å². The molecule has 2 fully saturated rings. The van der Waals surface area contributed by atoms with Crippen LogP contribution in [0.4, 0.5) is 27.3 Å². The molecule has 2 saturated heterocycles. The summed E-state index contributed by atoms with van der Waals surface area (Å²) in [6.07, 6.45) is 6.08. The molecule has 1 aromatic carbocycles. The van der Waals surface area contributed by atoms with Crippen LogP contribution in [-0.4, -0.2) is 75.9 Å². The lowest BCUT2D eigenvalue weighted by Crippen LogP contribution is -2.63. The summed E-state index contributed by atoms with van der Waals surface area (Å²) >= 11 is 0. The Hall–Kier alpha value is -4.48. The van der Waals surface area contributed by atoms with Gasteiger partial charge in [-0.25, -0.2) is 9.37 Å². The quantitative estimate of drug-likeness (QED) is 0.263. The molecule has 3 aliphatic heterocycles. The number of rotatable bonds is 7. The Morgan fingerprint density at radius 1 is 1.02 bits per heavy atom. The predicted octanol–water partition coefficient (Wildman–Crippen LogP) is 5.78. The smallest absolute Gasteiger partial charge is 0.274 e. The van der Waals surface area contributed by atoms with E-state index in [2.05, 4.69) is 47.4 Å². The maximum absolute atomic E-state index is 15.5. The summed E-state index contributed by atoms with van der Waals surface area (Å²) in [5.41, 5.74) is 7.32. The van der Waals surface area contributed by atoms with Crippen molar-refractivity contribution >= 4 is 28.8 Å². The summed E-state index contributed by atoms with van der Waals surface area (Å²) in [5, 5.41) is 3.24. The first-order valence-electron chi connectivity index (χ1n) is 18.3. The first kappa shape index (κ1) is 33.7. The molecular weight excluding hydrogens is 645 g/mol. The van der Waals surface area contributed by atoms with Crippen LogP contribution in [0, 0.1) is 11.2 Å². The predicted molar refractivity (Wildman–Crippen MR) is 199 cm³/mol. The molecule has 0 saturated carbocycles. The van der Waals surface area contributed by atoms with Gasteiger partial charge in [-0.05, 0) is 91.6 Å². The Morgan fingerprint density at radius 3 is 2.53 bits per heavy atom. The lowest BCUT2D eigenvalue weighted by Gasteiger charge is -2.50. The van der Waals surface area contributed by atoms with Crippen LogP contribution in [-0.2, 0) is 37.6 Å². The van der Waals surface area contributed by atoms with Crippen LogP contribution in [0.2, 0.25) is 0 Å². The highest BCUT2D eigenvalue weighted by Gasteiger charge is 2.38. The fraction of sp³-hybridized carbons (Fsp3) is 0.475. The van der Waals surface area contributed by atoms with Crippen LogP contribution in [0.5, 0.6) is 0 Å². The van der Waals surface area contributed by atoms with E-state index in [1.54, 1.807) is 24.2 Å². The third-order valence-electron chi connectivity index (χ3n) is 11.4. The molecule has 3 aromatic heterocycles. The van der Waals surface area contributed by atoms with Crippen LogP contribution >= 0.6 is 0 Å². The standard InChI is InChI=1S/C40H48FN7O3/c1-7-31-32(14-28(41)15-34(31)46-11-10-45-35(39(46)50)13-26-16-40(4,5)17-36(26)45)27-12-33(38(49)44(6)21-27)43-37-9-8-29(18-42-37)47-19-25(3)48(20-24(47)2)30-22-51-23-30/h8-9,12-15,18,21,24-25,30H,7,10-11,16-17,19-20,22-23H2,1-6H3,(H,42,43)/t24-,25+/m0/s1. The van der Waals surface area contributed by atoms with Gasteiger partial charge in [0, 0.05) is 62.8 Å². The number of carbonyl (C=O) groups is 1. The Bertz CT molecular complexity index is 2070. The van der Waals surface area contributed by atoms with Crippen molar-refractivity contribution in [2.24, 2.45) is 12.5 Å². The van der Waals surface area contributed by atoms with Gasteiger partial charge in [0.2, 0.25) is 0 Å². The second kappa shape index (κ2) is 12.6. The van der Waals surface area contributed by atoms with Gasteiger partial charge >= 0.3 is 0 Å². The Morgan fingerprint density at radius 2 is 1.82 bits per heavy atom. The van der Waals surface area contributed by atoms with E-state index in [1.165, 1.54) is 28.0 Å². The van der Waals surface area contributed by atoms with E-state index < -0.39 is 5.82 Å². The molecule has 0 radical (unpaired) electrons. The number of nitrogens with zero attached hydrogens (tertiary/aromatic N) is 6. The zero-order valence-electron chi connectivity index (χ0n) is 30.5. The number of benzene rings is 1. The van der Waals surface area contributed by atoms with E-state index in [1.807, 2.05) is 31.3 Å². The SMILES string of the molecule is CCc1c(-c2cc(Nc3ccc(N4C[C@@H](C)N(C5COC5)C[C@@H]4C)cn3)c(=O)n(C)c2)cc(F)cc1N1CCn2c(cc3c2CC(C)(C)C3)C1=O. The van der Waals surface area contributed by atoms with Crippen molar-refractivity contribution in [1.82, 2.24) is 19.0 Å². The molecule has 2 atom stereocenters. The normalized spacial score (nSPS) is 21.8. The number of pyridine rings is 2. The van der Waals surface area contributed by atoms with Crippen molar-refractivity contribution in [3.05, 3.63) is 87.5 Å². The van der Waals surface area contributed by atoms with E-state index in [0.717, 1.165) is 50.4 Å². The summed E-state index contributed by atoms with van der Waals surface area (Å²) in [5.74, 6) is 0.0174. The Kier molecular flexibility index (Phi) is 8.33. The lowest BCUT2D eigenvalue weighted by atomic mass is 9.90. The number of aromatic nitrogens is 3. The van der Waals surface area contributed by atoms with Gasteiger partial charge in [-0.3, -0.25) is 14.5 Å². The number of amides is 1. The van der Waals surface area contributed by atoms with Gasteiger partial charge in [-0.15, -0.1) is 0 Å². The number of hydrogen-bond acceptors (Lipinski definition) is 7. The summed E-state index contributed by atoms with van der Waals surface area (Å²) in [4.78, 5) is 38.8. The van der Waals surface area contributed by atoms with Crippen molar-refractivity contribution in [3.8, 4) is 11.1 Å². The molecule has 1 N–H and O–H groups in total. The maximum Gasteiger partial charge on any atom is 0.274 e. The summed E-state index contributed by atoms with van der Waals surface area (Å²) < 4.78 is 24.7. The minimum atomic E-state index is -0.429. The molecule has 0 bridgehead atoms. The molecule has 1 amide bonds. The van der Waals surface area contributed by atoms with Crippen molar-refractivity contribution < 1.29 is 13.9 Å². The molecule has 10 nitrogen and oxygen atoms in total. The average molecular weight is 694 g/mol. The number of ether oxygens (including phenoxy) is 1. The highest BCUT2D eigenvalue weighted by atomic mass is 19.1. The number of anilines is 4. The highest BCUT2D eigenvalue weighted by Crippen LogP contribution is 2.41. The zero-order valence-corrected chi connectivity index (χ0v) is 30.5. The fourth-order valence-corrected chi connectivity index (χ4v) is 8.79. The minimum absolute atomic E-state index is 0.101. The first-order chi connectivity index (χ1) is 24.4. The minimum Gasteiger partial charge on any atom is -0.378 e. The molecule has 8 rings (SSSR count). The van der Waals surface area contributed by atoms with Gasteiger partial charge < -0.3 is 29.0 Å². The van der Waals surface area contributed by atoms with Crippen molar-refractivity contribution in [2.45, 2.75) is 78.6 Å². The van der Waals surface area contributed by atoms with Crippen LogP contribution in [0.15, 0.2) is 53.6 Å². The number of halogens is 1. The number of aryl methyl sites for hydroxylation is 1. The summed E-state index contributed by atoms with van der Waals surface area (Å²) in [7, 11) is 1.69. The molecule has 4 aliphatic rings. The Labute approximate surface area is 298 Å². The van der Waals surface area contributed by atoms with Crippen molar-refractivity contribution in [3.63, 3.8) is 0 Å². The van der Waals surface area contributed by atoms with Gasteiger partial charge in [0.05, 0.1) is 36.8 Å².